The van der Waals surface area contributed by atoms with E-state index >= 15 is 0 Å². The number of carbonyl (C=O) groups is 1. The average molecular weight is 249 g/mol. The normalized spacial score (nSPS) is 10.8. The number of aryl methyl sites for hydroxylation is 2. The summed E-state index contributed by atoms with van der Waals surface area (Å²) in [5.41, 5.74) is -1.77. The van der Waals surface area contributed by atoms with Crippen LogP contribution in [0.3, 0.4) is 0 Å². The van der Waals surface area contributed by atoms with E-state index < -0.39 is 35.1 Å². The van der Waals surface area contributed by atoms with Gasteiger partial charge in [0.15, 0.2) is 5.69 Å². The van der Waals surface area contributed by atoms with Crippen LogP contribution in [0.2, 0.25) is 0 Å². The first-order valence-corrected chi connectivity index (χ1v) is 4.56. The van der Waals surface area contributed by atoms with Gasteiger partial charge in [0.2, 0.25) is 0 Å². The molecule has 0 saturated carbocycles. The van der Waals surface area contributed by atoms with E-state index in [0.29, 0.717) is 4.68 Å². The highest BCUT2D eigenvalue weighted by atomic mass is 19.3. The van der Waals surface area contributed by atoms with Crippen LogP contribution < -0.4 is 0 Å². The molecule has 0 aliphatic heterocycles. The Morgan fingerprint density at radius 2 is 2.24 bits per heavy atom. The fourth-order valence-electron chi connectivity index (χ4n) is 1.40. The highest BCUT2D eigenvalue weighted by molar-refractivity contribution is 5.66. The standard InChI is InChI=1S/C8H9F2N3O4/c1-4-6(13(16)17)7(8(9)10)12(11-4)3-2-5(14)15/h8H,2-3H2,1H3,(H,14,15). The molecule has 0 radical (unpaired) electrons. The molecule has 0 bridgehead atoms. The van der Waals surface area contributed by atoms with Crippen molar-refractivity contribution in [3.05, 3.63) is 21.5 Å². The molecule has 0 fully saturated rings. The number of rotatable bonds is 5. The zero-order chi connectivity index (χ0) is 13.2. The lowest BCUT2D eigenvalue weighted by Crippen LogP contribution is -2.10. The van der Waals surface area contributed by atoms with Gasteiger partial charge < -0.3 is 5.11 Å². The second-order valence-corrected chi connectivity index (χ2v) is 3.24. The number of carboxylic acid groups (broad SMARTS) is 1. The smallest absolute Gasteiger partial charge is 0.318 e. The molecule has 0 unspecified atom stereocenters. The van der Waals surface area contributed by atoms with Crippen molar-refractivity contribution in [3.63, 3.8) is 0 Å². The van der Waals surface area contributed by atoms with Crippen molar-refractivity contribution < 1.29 is 23.6 Å². The van der Waals surface area contributed by atoms with Crippen LogP contribution in [-0.4, -0.2) is 25.8 Å². The lowest BCUT2D eigenvalue weighted by atomic mass is 10.3. The first-order valence-electron chi connectivity index (χ1n) is 4.56. The molecule has 1 heterocycles. The quantitative estimate of drug-likeness (QED) is 0.630. The first kappa shape index (κ1) is 13.0. The van der Waals surface area contributed by atoms with Gasteiger partial charge in [0.05, 0.1) is 17.9 Å². The predicted molar refractivity (Wildman–Crippen MR) is 50.8 cm³/mol. The molecule has 0 amide bonds. The highest BCUT2D eigenvalue weighted by Gasteiger charge is 2.31. The molecule has 94 valence electrons. The van der Waals surface area contributed by atoms with Crippen molar-refractivity contribution in [1.29, 1.82) is 0 Å². The van der Waals surface area contributed by atoms with Crippen LogP contribution in [0.1, 0.15) is 24.2 Å². The third kappa shape index (κ3) is 2.74. The molecular weight excluding hydrogens is 240 g/mol. The average Bonchev–Trinajstić information content (AvgIpc) is 2.52. The minimum Gasteiger partial charge on any atom is -0.481 e. The number of alkyl halides is 2. The van der Waals surface area contributed by atoms with E-state index in [9.17, 15) is 23.7 Å². The maximum Gasteiger partial charge on any atom is 0.318 e. The fraction of sp³-hybridized carbons (Fsp3) is 0.500. The lowest BCUT2D eigenvalue weighted by Gasteiger charge is -2.03. The fourth-order valence-corrected chi connectivity index (χ4v) is 1.40. The molecule has 9 heteroatoms. The van der Waals surface area contributed by atoms with Gasteiger partial charge in [-0.1, -0.05) is 0 Å². The molecule has 0 spiro atoms. The topological polar surface area (TPSA) is 98.3 Å². The molecular formula is C8H9F2N3O4. The number of hydrogen-bond donors (Lipinski definition) is 1. The van der Waals surface area contributed by atoms with Crippen molar-refractivity contribution in [2.45, 2.75) is 26.3 Å². The van der Waals surface area contributed by atoms with Gasteiger partial charge in [-0.25, -0.2) is 8.78 Å². The largest absolute Gasteiger partial charge is 0.481 e. The van der Waals surface area contributed by atoms with Crippen LogP contribution in [0, 0.1) is 17.0 Å². The van der Waals surface area contributed by atoms with Gasteiger partial charge in [-0.15, -0.1) is 0 Å². The van der Waals surface area contributed by atoms with E-state index in [1.54, 1.807) is 0 Å². The van der Waals surface area contributed by atoms with E-state index in [0.717, 1.165) is 0 Å². The summed E-state index contributed by atoms with van der Waals surface area (Å²) in [6.45, 7) is 0.894. The van der Waals surface area contributed by atoms with Crippen molar-refractivity contribution in [2.24, 2.45) is 0 Å². The number of nitrogens with zero attached hydrogens (tertiary/aromatic N) is 3. The van der Waals surface area contributed by atoms with Gasteiger partial charge in [-0.2, -0.15) is 5.10 Å². The first-order chi connectivity index (χ1) is 7.84. The summed E-state index contributed by atoms with van der Waals surface area (Å²) in [6, 6.07) is 0. The molecule has 17 heavy (non-hydrogen) atoms. The molecule has 7 nitrogen and oxygen atoms in total. The minimum absolute atomic E-state index is 0.157. The zero-order valence-electron chi connectivity index (χ0n) is 8.76. The van der Waals surface area contributed by atoms with E-state index in [1.807, 2.05) is 0 Å². The second-order valence-electron chi connectivity index (χ2n) is 3.24. The van der Waals surface area contributed by atoms with Gasteiger partial charge in [-0.3, -0.25) is 19.6 Å². The van der Waals surface area contributed by atoms with Crippen LogP contribution in [0.15, 0.2) is 0 Å². The van der Waals surface area contributed by atoms with E-state index in [4.69, 9.17) is 5.11 Å². The molecule has 0 aliphatic carbocycles. The van der Waals surface area contributed by atoms with Crippen molar-refractivity contribution in [2.75, 3.05) is 0 Å². The zero-order valence-corrected chi connectivity index (χ0v) is 8.76. The number of aromatic nitrogens is 2. The second kappa shape index (κ2) is 4.85. The Morgan fingerprint density at radius 1 is 1.65 bits per heavy atom. The molecule has 0 aromatic carbocycles. The van der Waals surface area contributed by atoms with Crippen LogP contribution in [0.25, 0.3) is 0 Å². The van der Waals surface area contributed by atoms with E-state index in [2.05, 4.69) is 5.10 Å². The third-order valence-electron chi connectivity index (χ3n) is 2.06. The molecule has 1 aromatic rings. The Morgan fingerprint density at radius 3 is 2.65 bits per heavy atom. The Bertz CT molecular complexity index is 458. The van der Waals surface area contributed by atoms with Gasteiger partial charge in [-0.05, 0) is 6.92 Å². The van der Waals surface area contributed by atoms with Crippen LogP contribution in [0.5, 0.6) is 0 Å². The maximum absolute atomic E-state index is 12.7. The predicted octanol–water partition coefficient (Wildman–Crippen LogP) is 1.51. The monoisotopic (exact) mass is 249 g/mol. The number of aliphatic carboxylic acids is 1. The molecule has 1 aromatic heterocycles. The van der Waals surface area contributed by atoms with E-state index in [1.165, 1.54) is 6.92 Å². The highest BCUT2D eigenvalue weighted by Crippen LogP contribution is 2.31. The summed E-state index contributed by atoms with van der Waals surface area (Å²) in [5.74, 6) is -1.19. The van der Waals surface area contributed by atoms with Crippen LogP contribution >= 0.6 is 0 Å². The van der Waals surface area contributed by atoms with Crippen LogP contribution in [-0.2, 0) is 11.3 Å². The summed E-state index contributed by atoms with van der Waals surface area (Å²) < 4.78 is 26.0. The number of halogens is 2. The van der Waals surface area contributed by atoms with Crippen molar-refractivity contribution >= 4 is 11.7 Å². The molecule has 1 N–H and O–H groups in total. The third-order valence-corrected chi connectivity index (χ3v) is 2.06. The van der Waals surface area contributed by atoms with Crippen molar-refractivity contribution in [3.8, 4) is 0 Å². The Kier molecular flexibility index (Phi) is 3.71. The summed E-state index contributed by atoms with van der Waals surface area (Å²) in [5, 5.41) is 22.6. The Balaban J connectivity index is 3.17. The van der Waals surface area contributed by atoms with Gasteiger partial charge in [0.25, 0.3) is 6.43 Å². The molecule has 0 aliphatic rings. The van der Waals surface area contributed by atoms with Gasteiger partial charge in [0, 0.05) is 0 Å². The van der Waals surface area contributed by atoms with Gasteiger partial charge in [0.1, 0.15) is 5.69 Å². The maximum atomic E-state index is 12.7. The minimum atomic E-state index is -3.08. The molecule has 1 rings (SSSR count). The number of nitro groups is 1. The Labute approximate surface area is 93.8 Å². The van der Waals surface area contributed by atoms with Crippen molar-refractivity contribution in [1.82, 2.24) is 9.78 Å². The van der Waals surface area contributed by atoms with E-state index in [-0.39, 0.29) is 12.2 Å². The number of hydrogen-bond acceptors (Lipinski definition) is 4. The van der Waals surface area contributed by atoms with Crippen LogP contribution in [0.4, 0.5) is 14.5 Å². The Hall–Kier alpha value is -2.06. The molecule has 0 atom stereocenters. The SMILES string of the molecule is Cc1nn(CCC(=O)O)c(C(F)F)c1[N+](=O)[O-]. The summed E-state index contributed by atoms with van der Waals surface area (Å²) in [4.78, 5) is 20.0. The van der Waals surface area contributed by atoms with Gasteiger partial charge >= 0.3 is 11.7 Å². The number of carboxylic acids is 1. The molecule has 0 saturated heterocycles. The summed E-state index contributed by atoms with van der Waals surface area (Å²) in [7, 11) is 0. The summed E-state index contributed by atoms with van der Waals surface area (Å²) in [6.07, 6.45) is -3.51. The lowest BCUT2D eigenvalue weighted by molar-refractivity contribution is -0.387. The summed E-state index contributed by atoms with van der Waals surface area (Å²) >= 11 is 0.